The van der Waals surface area contributed by atoms with Gasteiger partial charge in [0.1, 0.15) is 8.42 Å². The number of benzene rings is 1. The highest BCUT2D eigenvalue weighted by atomic mass is 32.3. The molecule has 336 valence electrons. The van der Waals surface area contributed by atoms with Gasteiger partial charge in [-0.25, -0.2) is 21.6 Å². The minimum absolute atomic E-state index is 0.0817. The number of hydrogen-bond acceptors (Lipinski definition) is 14. The number of anilines is 2. The first-order chi connectivity index (χ1) is 29.3. The lowest BCUT2D eigenvalue weighted by Gasteiger charge is -2.27. The average Bonchev–Trinajstić information content (AvgIpc) is 3.90. The van der Waals surface area contributed by atoms with Crippen molar-refractivity contribution in [2.24, 2.45) is 0 Å². The van der Waals surface area contributed by atoms with Crippen molar-refractivity contribution < 1.29 is 50.3 Å². The summed E-state index contributed by atoms with van der Waals surface area (Å²) in [7, 11) is -8.25. The maximum Gasteiger partial charge on any atom is 0.306 e. The number of carbonyl (C=O) groups is 6. The van der Waals surface area contributed by atoms with E-state index in [1.807, 2.05) is 11.6 Å². The second-order valence-corrected chi connectivity index (χ2v) is 20.3. The topological polar surface area (TPSA) is 271 Å². The van der Waals surface area contributed by atoms with Gasteiger partial charge < -0.3 is 41.2 Å². The van der Waals surface area contributed by atoms with E-state index in [1.54, 1.807) is 45.0 Å². The van der Waals surface area contributed by atoms with Crippen molar-refractivity contribution >= 4 is 89.7 Å². The zero-order valence-corrected chi connectivity index (χ0v) is 37.7. The first-order valence-electron chi connectivity index (χ1n) is 20.0. The Labute approximate surface area is 364 Å². The van der Waals surface area contributed by atoms with Gasteiger partial charge in [0.25, 0.3) is 33.7 Å². The molecule has 2 atom stereocenters. The second kappa shape index (κ2) is 20.2. The third kappa shape index (κ3) is 11.1. The molecule has 1 aromatic carbocycles. The number of esters is 1. The number of aryl methyl sites for hydroxylation is 1. The van der Waals surface area contributed by atoms with Crippen LogP contribution in [0.3, 0.4) is 0 Å². The quantitative estimate of drug-likeness (QED) is 0.0674. The van der Waals surface area contributed by atoms with E-state index in [-0.39, 0.29) is 39.1 Å². The fourth-order valence-corrected chi connectivity index (χ4v) is 12.0. The van der Waals surface area contributed by atoms with E-state index in [2.05, 4.69) is 50.3 Å². The summed E-state index contributed by atoms with van der Waals surface area (Å²) in [4.78, 5) is 81.3. The minimum atomic E-state index is -4.49. The Kier molecular flexibility index (Phi) is 15.5. The first kappa shape index (κ1) is 47.6. The van der Waals surface area contributed by atoms with Gasteiger partial charge in [0.2, 0.25) is 5.91 Å². The summed E-state index contributed by atoms with van der Waals surface area (Å²) >= 11 is 0.544. The molecule has 0 fully saturated rings. The highest BCUT2D eigenvalue weighted by molar-refractivity contribution is 7.95. The van der Waals surface area contributed by atoms with Crippen LogP contribution in [0.1, 0.15) is 91.4 Å². The SMILES string of the molecule is CCN[C@H]1C[C@H](C)S(=O)(=O)c2sc(S(=O)(=O)NC(=O)CNC(=O)COC(=O)CCC(=O)Nc3ccc4c(c3)/C(=C/c3[nH]c(C)c(C(=O)NCCN(CC)CC)c3C)C(=O)N4)cc21. The summed E-state index contributed by atoms with van der Waals surface area (Å²) < 4.78 is 58.0. The van der Waals surface area contributed by atoms with E-state index < -0.39 is 68.4 Å². The summed E-state index contributed by atoms with van der Waals surface area (Å²) in [6.45, 7) is 13.0. The number of thiophene rings is 1. The summed E-state index contributed by atoms with van der Waals surface area (Å²) in [6.07, 6.45) is 1.18. The van der Waals surface area contributed by atoms with Crippen LogP contribution in [0.2, 0.25) is 0 Å². The van der Waals surface area contributed by atoms with E-state index in [0.29, 0.717) is 75.0 Å². The molecule has 0 saturated heterocycles. The van der Waals surface area contributed by atoms with Crippen molar-refractivity contribution in [3.63, 3.8) is 0 Å². The smallest absolute Gasteiger partial charge is 0.306 e. The number of nitrogens with one attached hydrogen (secondary N) is 7. The third-order valence-corrected chi connectivity index (χ3v) is 16.2. The number of hydrogen-bond donors (Lipinski definition) is 7. The normalized spacial score (nSPS) is 17.2. The predicted octanol–water partition coefficient (Wildman–Crippen LogP) is 2.36. The Morgan fingerprint density at radius 1 is 1.00 bits per heavy atom. The highest BCUT2D eigenvalue weighted by Gasteiger charge is 2.40. The Hall–Kier alpha value is -5.42. The number of fused-ring (bicyclic) bond motifs is 2. The van der Waals surface area contributed by atoms with E-state index in [1.165, 1.54) is 6.07 Å². The van der Waals surface area contributed by atoms with Crippen LogP contribution in [-0.2, 0) is 48.6 Å². The molecule has 2 aliphatic rings. The van der Waals surface area contributed by atoms with Crippen molar-refractivity contribution in [3.05, 3.63) is 57.9 Å². The van der Waals surface area contributed by atoms with Gasteiger partial charge in [-0.15, -0.1) is 11.3 Å². The van der Waals surface area contributed by atoms with Crippen molar-refractivity contribution in [2.75, 3.05) is 56.5 Å². The lowest BCUT2D eigenvalue weighted by Crippen LogP contribution is -2.40. The van der Waals surface area contributed by atoms with Crippen LogP contribution in [0, 0.1) is 13.8 Å². The molecule has 3 aromatic rings. The monoisotopic (exact) mass is 916 g/mol. The number of likely N-dealkylation sites (N-methyl/N-ethyl adjacent to an activating group) is 1. The molecule has 19 nitrogen and oxygen atoms in total. The third-order valence-electron chi connectivity index (χ3n) is 10.4. The number of aromatic amines is 1. The van der Waals surface area contributed by atoms with Gasteiger partial charge in [-0.2, -0.15) is 0 Å². The molecular formula is C40H52N8O11S3. The maximum absolute atomic E-state index is 13.1. The number of aromatic nitrogens is 1. The molecule has 0 spiro atoms. The van der Waals surface area contributed by atoms with Gasteiger partial charge >= 0.3 is 5.97 Å². The molecule has 0 bridgehead atoms. The molecule has 0 unspecified atom stereocenters. The molecule has 2 aromatic heterocycles. The first-order valence-corrected chi connectivity index (χ1v) is 23.9. The van der Waals surface area contributed by atoms with Gasteiger partial charge in [-0.1, -0.05) is 20.8 Å². The predicted molar refractivity (Wildman–Crippen MR) is 232 cm³/mol. The molecule has 62 heavy (non-hydrogen) atoms. The molecular weight excluding hydrogens is 865 g/mol. The van der Waals surface area contributed by atoms with Crippen LogP contribution in [-0.4, -0.2) is 113 Å². The second-order valence-electron chi connectivity index (χ2n) is 14.7. The van der Waals surface area contributed by atoms with Gasteiger partial charge in [-0.05, 0) is 82.7 Å². The minimum Gasteiger partial charge on any atom is -0.456 e. The van der Waals surface area contributed by atoms with Crippen LogP contribution in [0.5, 0.6) is 0 Å². The number of sulfone groups is 1. The van der Waals surface area contributed by atoms with Crippen molar-refractivity contribution in [3.8, 4) is 0 Å². The number of amides is 5. The molecule has 5 amide bonds. The maximum atomic E-state index is 13.1. The van der Waals surface area contributed by atoms with E-state index in [9.17, 15) is 45.6 Å². The molecule has 2 aliphatic heterocycles. The molecule has 0 aliphatic carbocycles. The molecule has 5 rings (SSSR count). The molecule has 4 heterocycles. The molecule has 0 radical (unpaired) electrons. The van der Waals surface area contributed by atoms with Crippen LogP contribution >= 0.6 is 11.3 Å². The summed E-state index contributed by atoms with van der Waals surface area (Å²) in [6, 6.07) is 5.64. The van der Waals surface area contributed by atoms with Gasteiger partial charge in [0.15, 0.2) is 16.4 Å². The zero-order valence-electron chi connectivity index (χ0n) is 35.3. The van der Waals surface area contributed by atoms with Crippen molar-refractivity contribution in [1.29, 1.82) is 0 Å². The fourth-order valence-electron chi connectivity index (χ4n) is 7.06. The van der Waals surface area contributed by atoms with E-state index in [4.69, 9.17) is 4.74 Å². The standard InChI is InChI=1S/C40H52N8O11S3/c1-7-41-31-16-22(4)61(55,56)40-28(31)19-36(60-40)62(57,58)47-33(50)20-43-34(51)21-59-35(52)13-12-32(49)45-25-10-11-29-26(17-25)27(38(53)46-29)18-30-23(5)37(24(6)44-30)39(54)42-14-15-48(8-2)9-3/h10-11,17-19,22,31,41,44H,7-9,12-16,20-21H2,1-6H3,(H,42,54)(H,43,51)(H,45,49)(H,46,53)(H,47,50)/b27-18-/t22-,31-/m0/s1. The lowest BCUT2D eigenvalue weighted by atomic mass is 10.0. The number of H-pyrrole nitrogens is 1. The number of nitrogens with zero attached hydrogens (tertiary/aromatic N) is 1. The van der Waals surface area contributed by atoms with Gasteiger partial charge in [-0.3, -0.25) is 28.8 Å². The van der Waals surface area contributed by atoms with Crippen molar-refractivity contribution in [2.45, 2.75) is 80.5 Å². The molecule has 7 N–H and O–H groups in total. The average molecular weight is 917 g/mol. The number of rotatable bonds is 19. The fraction of sp³-hybridized carbons (Fsp3) is 0.450. The zero-order chi connectivity index (χ0) is 45.5. The summed E-state index contributed by atoms with van der Waals surface area (Å²) in [5.74, 6) is -4.09. The number of sulfonamides is 1. The Bertz CT molecular complexity index is 2510. The number of carbonyl (C=O) groups excluding carboxylic acids is 6. The van der Waals surface area contributed by atoms with Crippen LogP contribution in [0.4, 0.5) is 11.4 Å². The van der Waals surface area contributed by atoms with Crippen LogP contribution < -0.4 is 31.3 Å². The van der Waals surface area contributed by atoms with Crippen LogP contribution in [0.15, 0.2) is 32.7 Å². The molecule has 0 saturated carbocycles. The largest absolute Gasteiger partial charge is 0.456 e. The Balaban J connectivity index is 1.08. The van der Waals surface area contributed by atoms with Crippen molar-refractivity contribution in [1.82, 2.24) is 30.6 Å². The van der Waals surface area contributed by atoms with E-state index in [0.717, 1.165) is 19.6 Å². The van der Waals surface area contributed by atoms with Gasteiger partial charge in [0.05, 0.1) is 29.4 Å². The van der Waals surface area contributed by atoms with Gasteiger partial charge in [0, 0.05) is 59.4 Å². The Morgan fingerprint density at radius 2 is 1.73 bits per heavy atom. The summed E-state index contributed by atoms with van der Waals surface area (Å²) in [5.41, 5.74) is 4.38. The van der Waals surface area contributed by atoms with E-state index >= 15 is 0 Å². The highest BCUT2D eigenvalue weighted by Crippen LogP contribution is 2.43. The Morgan fingerprint density at radius 3 is 2.42 bits per heavy atom. The van der Waals surface area contributed by atoms with Crippen LogP contribution in [0.25, 0.3) is 11.6 Å². The lowest BCUT2D eigenvalue weighted by molar-refractivity contribution is -0.149. The summed E-state index contributed by atoms with van der Waals surface area (Å²) in [5, 5.41) is 13.0. The molecule has 22 heteroatoms. The number of ether oxygens (including phenoxy) is 1.